The van der Waals surface area contributed by atoms with E-state index in [9.17, 15) is 9.50 Å². The van der Waals surface area contributed by atoms with Crippen LogP contribution in [0.2, 0.25) is 0 Å². The lowest BCUT2D eigenvalue weighted by molar-refractivity contribution is 0.00695. The molecule has 0 fully saturated rings. The van der Waals surface area contributed by atoms with Gasteiger partial charge in [0.2, 0.25) is 0 Å². The van der Waals surface area contributed by atoms with Crippen LogP contribution in [0.1, 0.15) is 23.0 Å². The number of hydrogen-bond acceptors (Lipinski definition) is 4. The third-order valence-corrected chi connectivity index (χ3v) is 5.28. The third kappa shape index (κ3) is 2.87. The number of benzene rings is 2. The molecule has 4 aromatic rings. The zero-order valence-electron chi connectivity index (χ0n) is 15.4. The number of aliphatic hydroxyl groups excluding tert-OH is 1. The fourth-order valence-corrected chi connectivity index (χ4v) is 3.83. The van der Waals surface area contributed by atoms with Gasteiger partial charge in [0, 0.05) is 49.0 Å². The van der Waals surface area contributed by atoms with Crippen LogP contribution in [0, 0.1) is 5.82 Å². The average Bonchev–Trinajstić information content (AvgIpc) is 3.22. The SMILES string of the molecule is Cn1cc2ccc(-c3ccc(CN4Cc5ncccc5C4O)c(F)c3)cc2n1. The van der Waals surface area contributed by atoms with Gasteiger partial charge >= 0.3 is 0 Å². The molecule has 140 valence electrons. The number of nitrogens with zero attached hydrogens (tertiary/aromatic N) is 4. The molecule has 2 aromatic carbocycles. The highest BCUT2D eigenvalue weighted by molar-refractivity contribution is 5.83. The second kappa shape index (κ2) is 6.51. The van der Waals surface area contributed by atoms with Gasteiger partial charge in [-0.05, 0) is 29.3 Å². The Balaban J connectivity index is 1.40. The largest absolute Gasteiger partial charge is 0.374 e. The van der Waals surface area contributed by atoms with Crippen molar-refractivity contribution in [2.45, 2.75) is 19.3 Å². The van der Waals surface area contributed by atoms with Crippen LogP contribution in [0.25, 0.3) is 22.0 Å². The van der Waals surface area contributed by atoms with Gasteiger partial charge in [-0.2, -0.15) is 5.10 Å². The van der Waals surface area contributed by atoms with E-state index in [0.717, 1.165) is 33.3 Å². The number of hydrogen-bond donors (Lipinski definition) is 1. The lowest BCUT2D eigenvalue weighted by atomic mass is 10.0. The summed E-state index contributed by atoms with van der Waals surface area (Å²) in [4.78, 5) is 6.12. The minimum Gasteiger partial charge on any atom is -0.374 e. The van der Waals surface area contributed by atoms with E-state index in [1.54, 1.807) is 29.1 Å². The van der Waals surface area contributed by atoms with Crippen molar-refractivity contribution in [3.63, 3.8) is 0 Å². The summed E-state index contributed by atoms with van der Waals surface area (Å²) in [7, 11) is 1.88. The average molecular weight is 374 g/mol. The normalized spacial score (nSPS) is 16.6. The molecular formula is C22H19FN4O. The Labute approximate surface area is 161 Å². The van der Waals surface area contributed by atoms with Crippen LogP contribution < -0.4 is 0 Å². The van der Waals surface area contributed by atoms with Gasteiger partial charge in [-0.1, -0.05) is 30.3 Å². The first kappa shape index (κ1) is 17.0. The minimum atomic E-state index is -0.755. The molecule has 0 radical (unpaired) electrons. The van der Waals surface area contributed by atoms with E-state index in [1.807, 2.05) is 48.5 Å². The molecule has 0 spiro atoms. The van der Waals surface area contributed by atoms with Crippen molar-refractivity contribution in [3.8, 4) is 11.1 Å². The summed E-state index contributed by atoms with van der Waals surface area (Å²) < 4.78 is 16.6. The fraction of sp³-hybridized carbons (Fsp3) is 0.182. The number of halogens is 1. The van der Waals surface area contributed by atoms with Crippen LogP contribution in [0.3, 0.4) is 0 Å². The number of fused-ring (bicyclic) bond motifs is 2. The summed E-state index contributed by atoms with van der Waals surface area (Å²) in [6, 6.07) is 14.9. The first-order valence-corrected chi connectivity index (χ1v) is 9.16. The van der Waals surface area contributed by atoms with E-state index >= 15 is 0 Å². The quantitative estimate of drug-likeness (QED) is 0.593. The first-order valence-electron chi connectivity index (χ1n) is 9.16. The smallest absolute Gasteiger partial charge is 0.136 e. The Hall–Kier alpha value is -3.09. The van der Waals surface area contributed by atoms with Gasteiger partial charge < -0.3 is 5.11 Å². The molecule has 1 aliphatic rings. The van der Waals surface area contributed by atoms with Crippen LogP contribution in [0.5, 0.6) is 0 Å². The van der Waals surface area contributed by atoms with Crippen molar-refractivity contribution in [1.82, 2.24) is 19.7 Å². The van der Waals surface area contributed by atoms with Crippen LogP contribution in [0.4, 0.5) is 4.39 Å². The molecule has 0 saturated heterocycles. The Morgan fingerprint density at radius 3 is 2.79 bits per heavy atom. The van der Waals surface area contributed by atoms with Gasteiger partial charge in [0.05, 0.1) is 11.2 Å². The van der Waals surface area contributed by atoms with Crippen molar-refractivity contribution < 1.29 is 9.50 Å². The van der Waals surface area contributed by atoms with Crippen LogP contribution in [-0.4, -0.2) is 24.8 Å². The number of aryl methyl sites for hydroxylation is 1. The van der Waals surface area contributed by atoms with Crippen LogP contribution in [0.15, 0.2) is 60.9 Å². The molecule has 1 atom stereocenters. The molecule has 0 aliphatic carbocycles. The van der Waals surface area contributed by atoms with E-state index in [-0.39, 0.29) is 5.82 Å². The van der Waals surface area contributed by atoms with Gasteiger partial charge in [0.15, 0.2) is 0 Å². The summed E-state index contributed by atoms with van der Waals surface area (Å²) in [6.07, 6.45) is 2.91. The minimum absolute atomic E-state index is 0.283. The number of aromatic nitrogens is 3. The Kier molecular flexibility index (Phi) is 3.96. The van der Waals surface area contributed by atoms with E-state index in [2.05, 4.69) is 10.1 Å². The van der Waals surface area contributed by atoms with Gasteiger partial charge in [-0.3, -0.25) is 14.6 Å². The highest BCUT2D eigenvalue weighted by Crippen LogP contribution is 2.32. The van der Waals surface area contributed by atoms with Gasteiger partial charge in [-0.25, -0.2) is 4.39 Å². The van der Waals surface area contributed by atoms with E-state index in [0.29, 0.717) is 18.7 Å². The Morgan fingerprint density at radius 1 is 1.14 bits per heavy atom. The highest BCUT2D eigenvalue weighted by Gasteiger charge is 2.29. The van der Waals surface area contributed by atoms with Gasteiger partial charge in [0.1, 0.15) is 12.0 Å². The number of aliphatic hydroxyl groups is 1. The molecule has 28 heavy (non-hydrogen) atoms. The van der Waals surface area contributed by atoms with E-state index in [1.165, 1.54) is 0 Å². The van der Waals surface area contributed by atoms with Gasteiger partial charge in [0.25, 0.3) is 0 Å². The maximum atomic E-state index is 14.8. The monoisotopic (exact) mass is 374 g/mol. The second-order valence-corrected chi connectivity index (χ2v) is 7.20. The van der Waals surface area contributed by atoms with E-state index < -0.39 is 6.23 Å². The predicted octanol–water partition coefficient (Wildman–Crippen LogP) is 3.78. The van der Waals surface area contributed by atoms with Crippen molar-refractivity contribution in [2.24, 2.45) is 7.05 Å². The molecule has 3 heterocycles. The topological polar surface area (TPSA) is 54.2 Å². The molecule has 0 bridgehead atoms. The second-order valence-electron chi connectivity index (χ2n) is 7.20. The van der Waals surface area contributed by atoms with Crippen molar-refractivity contribution >= 4 is 10.9 Å². The van der Waals surface area contributed by atoms with Crippen LogP contribution >= 0.6 is 0 Å². The molecule has 2 aromatic heterocycles. The Morgan fingerprint density at radius 2 is 1.96 bits per heavy atom. The summed E-state index contributed by atoms with van der Waals surface area (Å²) in [5, 5.41) is 16.0. The molecule has 1 unspecified atom stereocenters. The third-order valence-electron chi connectivity index (χ3n) is 5.28. The lowest BCUT2D eigenvalue weighted by Crippen LogP contribution is -2.22. The van der Waals surface area contributed by atoms with Crippen molar-refractivity contribution in [2.75, 3.05) is 0 Å². The zero-order chi connectivity index (χ0) is 19.3. The summed E-state index contributed by atoms with van der Waals surface area (Å²) in [6.45, 7) is 0.831. The van der Waals surface area contributed by atoms with Crippen LogP contribution in [-0.2, 0) is 20.1 Å². The molecule has 5 rings (SSSR count). The van der Waals surface area contributed by atoms with Crippen molar-refractivity contribution in [1.29, 1.82) is 0 Å². The molecule has 1 N–H and O–H groups in total. The Bertz CT molecular complexity index is 1190. The molecule has 5 nitrogen and oxygen atoms in total. The molecule has 0 saturated carbocycles. The van der Waals surface area contributed by atoms with Gasteiger partial charge in [-0.15, -0.1) is 0 Å². The predicted molar refractivity (Wildman–Crippen MR) is 105 cm³/mol. The fourth-order valence-electron chi connectivity index (χ4n) is 3.83. The van der Waals surface area contributed by atoms with Crippen molar-refractivity contribution in [3.05, 3.63) is 83.6 Å². The highest BCUT2D eigenvalue weighted by atomic mass is 19.1. The first-order chi connectivity index (χ1) is 13.6. The zero-order valence-corrected chi connectivity index (χ0v) is 15.4. The maximum Gasteiger partial charge on any atom is 0.136 e. The summed E-state index contributed by atoms with van der Waals surface area (Å²) in [5.41, 5.74) is 4.80. The molecule has 1 aliphatic heterocycles. The molecule has 0 amide bonds. The molecule has 6 heteroatoms. The standard InChI is InChI=1S/C22H19FN4O/c1-26-11-17-7-5-15(10-20(17)25-26)14-4-6-16(19(23)9-14)12-27-13-21-18(22(27)28)3-2-8-24-21/h2-11,22,28H,12-13H2,1H3. The lowest BCUT2D eigenvalue weighted by Gasteiger charge is -2.20. The van der Waals surface area contributed by atoms with E-state index in [4.69, 9.17) is 0 Å². The summed E-state index contributed by atoms with van der Waals surface area (Å²) >= 11 is 0. The number of rotatable bonds is 3. The summed E-state index contributed by atoms with van der Waals surface area (Å²) in [5.74, 6) is -0.283. The maximum absolute atomic E-state index is 14.8. The molecular weight excluding hydrogens is 355 g/mol. The number of pyridine rings is 1.